The summed E-state index contributed by atoms with van der Waals surface area (Å²) in [5.41, 5.74) is 10.9. The number of hydrogen-bond donors (Lipinski definition) is 3. The van der Waals surface area contributed by atoms with Crippen LogP contribution in [0.15, 0.2) is 77.4 Å². The first kappa shape index (κ1) is 42.7. The number of carbonyl (C=O) groups is 3. The Morgan fingerprint density at radius 3 is 2.25 bits per heavy atom. The van der Waals surface area contributed by atoms with Gasteiger partial charge in [0.15, 0.2) is 5.65 Å². The quantitative estimate of drug-likeness (QED) is 0.124. The maximum absolute atomic E-state index is 13.0. The molecular formula is C49H57N11O4. The summed E-state index contributed by atoms with van der Waals surface area (Å²) in [5.74, 6) is 0.525. The molecule has 6 heterocycles. The predicted octanol–water partition coefficient (Wildman–Crippen LogP) is 7.57. The second-order valence-electron chi connectivity index (χ2n) is 18.6. The number of urea groups is 1. The van der Waals surface area contributed by atoms with Crippen LogP contribution in [-0.2, 0) is 10.2 Å². The van der Waals surface area contributed by atoms with Gasteiger partial charge in [0.05, 0.1) is 11.7 Å². The third-order valence-corrected chi connectivity index (χ3v) is 13.0. The number of aryl methyl sites for hydroxylation is 2. The molecule has 6 aromatic rings. The lowest BCUT2D eigenvalue weighted by molar-refractivity contribution is -0.120. The monoisotopic (exact) mass is 863 g/mol. The van der Waals surface area contributed by atoms with Crippen LogP contribution >= 0.6 is 0 Å². The van der Waals surface area contributed by atoms with E-state index in [9.17, 15) is 14.4 Å². The number of anilines is 3. The maximum atomic E-state index is 13.0. The topological polar surface area (TPSA) is 169 Å². The number of benzene rings is 3. The molecule has 332 valence electrons. The fourth-order valence-corrected chi connectivity index (χ4v) is 9.31. The van der Waals surface area contributed by atoms with Gasteiger partial charge < -0.3 is 19.6 Å². The summed E-state index contributed by atoms with van der Waals surface area (Å²) in [6.07, 6.45) is 4.55. The fourth-order valence-electron chi connectivity index (χ4n) is 9.31. The molecule has 1 atom stereocenters. The number of imide groups is 1. The van der Waals surface area contributed by atoms with Crippen molar-refractivity contribution < 1.29 is 18.9 Å². The number of fused-ring (bicyclic) bond motifs is 1. The minimum absolute atomic E-state index is 0.0247. The molecule has 0 aliphatic carbocycles. The van der Waals surface area contributed by atoms with E-state index >= 15 is 0 Å². The zero-order valence-electron chi connectivity index (χ0n) is 37.6. The predicted molar refractivity (Wildman–Crippen MR) is 249 cm³/mol. The van der Waals surface area contributed by atoms with Crippen molar-refractivity contribution in [1.82, 2.24) is 40.9 Å². The molecule has 0 saturated carbocycles. The number of amides is 4. The summed E-state index contributed by atoms with van der Waals surface area (Å²) >= 11 is 0. The Hall–Kier alpha value is -6.61. The minimum atomic E-state index is -0.381. The number of nitrogens with zero attached hydrogens (tertiary/aromatic N) is 8. The van der Waals surface area contributed by atoms with Crippen LogP contribution in [-0.4, -0.2) is 100 Å². The van der Waals surface area contributed by atoms with Gasteiger partial charge in [-0.05, 0) is 110 Å². The molecule has 15 heteroatoms. The molecule has 0 spiro atoms. The third-order valence-electron chi connectivity index (χ3n) is 13.0. The zero-order valence-corrected chi connectivity index (χ0v) is 37.6. The Balaban J connectivity index is 0.783. The Kier molecular flexibility index (Phi) is 11.7. The highest BCUT2D eigenvalue weighted by atomic mass is 16.5. The molecule has 15 nitrogen and oxygen atoms in total. The lowest BCUT2D eigenvalue weighted by atomic mass is 9.95. The van der Waals surface area contributed by atoms with E-state index < -0.39 is 0 Å². The van der Waals surface area contributed by atoms with Gasteiger partial charge in [-0.3, -0.25) is 29.8 Å². The number of carbonyl (C=O) groups excluding carboxylic acids is 3. The highest BCUT2D eigenvalue weighted by Crippen LogP contribution is 2.34. The Morgan fingerprint density at radius 1 is 0.844 bits per heavy atom. The van der Waals surface area contributed by atoms with Gasteiger partial charge >= 0.3 is 6.03 Å². The number of pyridine rings is 1. The van der Waals surface area contributed by atoms with Crippen molar-refractivity contribution in [1.29, 1.82) is 0 Å². The number of piperidine rings is 1. The van der Waals surface area contributed by atoms with E-state index in [4.69, 9.17) is 9.51 Å². The number of H-pyrrole nitrogens is 1. The molecule has 3 aliphatic heterocycles. The number of nitrogens with one attached hydrogen (secondary N) is 3. The van der Waals surface area contributed by atoms with Crippen LogP contribution in [0.4, 0.5) is 21.9 Å². The van der Waals surface area contributed by atoms with Gasteiger partial charge in [-0.2, -0.15) is 10.1 Å². The molecule has 0 radical (unpaired) electrons. The summed E-state index contributed by atoms with van der Waals surface area (Å²) in [5, 5.41) is 18.0. The smallest absolute Gasteiger partial charge is 0.328 e. The second kappa shape index (κ2) is 17.5. The molecular weight excluding hydrogens is 807 g/mol. The van der Waals surface area contributed by atoms with E-state index in [1.807, 2.05) is 65.1 Å². The van der Waals surface area contributed by atoms with Crippen molar-refractivity contribution in [3.05, 3.63) is 101 Å². The first-order valence-electron chi connectivity index (χ1n) is 22.4. The second-order valence-corrected chi connectivity index (χ2v) is 18.6. The summed E-state index contributed by atoms with van der Waals surface area (Å²) < 4.78 is 5.32. The van der Waals surface area contributed by atoms with Gasteiger partial charge in [0.25, 0.3) is 11.7 Å². The molecule has 3 N–H and O–H groups in total. The Bertz CT molecular complexity index is 2690. The lowest BCUT2D eigenvalue weighted by Crippen LogP contribution is -2.49. The molecule has 3 aromatic heterocycles. The molecule has 3 aliphatic rings. The van der Waals surface area contributed by atoms with E-state index in [2.05, 4.69) is 95.1 Å². The minimum Gasteiger partial charge on any atom is -0.372 e. The van der Waals surface area contributed by atoms with Gasteiger partial charge in [-0.15, -0.1) is 0 Å². The standard InChI is InChI=1S/C49H57N11O4/c1-30-25-35(7-13-39(30)32(3)51-46(62)45-53-47(64-56-45)49(4,5)6)43-40-27-36(28-50-44(40)55-54-43)34-8-14-41(31(2)26-34)59-23-21-57(22-24-59)29-33-15-18-58(19-16-33)37-9-11-38(12-10-37)60-20-17-42(61)52-48(60)63/h7-14,25-28,32-33H,15-24,29H2,1-6H3,(H,51,62)(H,50,54,55)(H,52,61,63). The summed E-state index contributed by atoms with van der Waals surface area (Å²) in [6.45, 7) is 19.8. The summed E-state index contributed by atoms with van der Waals surface area (Å²) in [4.78, 5) is 55.1. The van der Waals surface area contributed by atoms with Gasteiger partial charge in [-0.1, -0.05) is 44.1 Å². The number of aromatic amines is 1. The van der Waals surface area contributed by atoms with E-state index in [0.717, 1.165) is 103 Å². The molecule has 64 heavy (non-hydrogen) atoms. The third kappa shape index (κ3) is 8.94. The highest BCUT2D eigenvalue weighted by Gasteiger charge is 2.28. The average molecular weight is 864 g/mol. The maximum Gasteiger partial charge on any atom is 0.328 e. The van der Waals surface area contributed by atoms with Gasteiger partial charge in [0, 0.05) is 104 Å². The summed E-state index contributed by atoms with van der Waals surface area (Å²) in [6, 6.07) is 22.6. The molecule has 0 bridgehead atoms. The van der Waals surface area contributed by atoms with Gasteiger partial charge in [0.2, 0.25) is 11.8 Å². The first-order valence-corrected chi connectivity index (χ1v) is 22.4. The van der Waals surface area contributed by atoms with Gasteiger partial charge in [-0.25, -0.2) is 9.78 Å². The molecule has 3 fully saturated rings. The van der Waals surface area contributed by atoms with Crippen molar-refractivity contribution >= 4 is 45.9 Å². The van der Waals surface area contributed by atoms with Crippen LogP contribution in [0.2, 0.25) is 0 Å². The van der Waals surface area contributed by atoms with Crippen LogP contribution in [0.5, 0.6) is 0 Å². The molecule has 3 saturated heterocycles. The van der Waals surface area contributed by atoms with Crippen LogP contribution in [0.3, 0.4) is 0 Å². The van der Waals surface area contributed by atoms with Crippen LogP contribution in [0, 0.1) is 19.8 Å². The molecule has 3 aromatic carbocycles. The molecule has 4 amide bonds. The van der Waals surface area contributed by atoms with Crippen LogP contribution in [0.25, 0.3) is 33.4 Å². The normalized spacial score (nSPS) is 17.2. The largest absolute Gasteiger partial charge is 0.372 e. The Morgan fingerprint density at radius 2 is 1.56 bits per heavy atom. The number of piperazine rings is 1. The van der Waals surface area contributed by atoms with Crippen molar-refractivity contribution in [2.45, 2.75) is 72.3 Å². The first-order chi connectivity index (χ1) is 30.8. The van der Waals surface area contributed by atoms with Crippen molar-refractivity contribution in [2.75, 3.05) is 67.1 Å². The SMILES string of the molecule is Cc1cc(-c2[nH]nc3ncc(-c4ccc(N5CCN(CC6CCN(c7ccc(N8CCC(=O)NC8=O)cc7)CC6)CC5)c(C)c4)cc23)ccc1C(C)NC(=O)c1noc(C(C)(C)C)n1. The fraction of sp³-hybridized carbons (Fsp3) is 0.408. The summed E-state index contributed by atoms with van der Waals surface area (Å²) in [7, 11) is 0. The van der Waals surface area contributed by atoms with Crippen molar-refractivity contribution in [3.63, 3.8) is 0 Å². The lowest BCUT2D eigenvalue weighted by Gasteiger charge is -2.40. The van der Waals surface area contributed by atoms with E-state index in [1.165, 1.54) is 16.9 Å². The van der Waals surface area contributed by atoms with Crippen molar-refractivity contribution in [2.24, 2.45) is 5.92 Å². The zero-order chi connectivity index (χ0) is 44.7. The van der Waals surface area contributed by atoms with Crippen LogP contribution in [0.1, 0.15) is 86.2 Å². The number of hydrogen-bond acceptors (Lipinski definition) is 11. The molecule has 9 rings (SSSR count). The van der Waals surface area contributed by atoms with E-state index in [-0.39, 0.29) is 35.1 Å². The number of aromatic nitrogens is 5. The molecule has 1 unspecified atom stereocenters. The number of rotatable bonds is 10. The highest BCUT2D eigenvalue weighted by molar-refractivity contribution is 6.05. The van der Waals surface area contributed by atoms with Gasteiger partial charge in [0.1, 0.15) is 0 Å². The van der Waals surface area contributed by atoms with Crippen molar-refractivity contribution in [3.8, 4) is 22.4 Å². The Labute approximate surface area is 373 Å². The average Bonchev–Trinajstić information content (AvgIpc) is 3.96. The van der Waals surface area contributed by atoms with E-state index in [1.54, 1.807) is 4.90 Å². The van der Waals surface area contributed by atoms with E-state index in [0.29, 0.717) is 30.4 Å². The van der Waals surface area contributed by atoms with Crippen LogP contribution < -0.4 is 25.3 Å².